The van der Waals surface area contributed by atoms with Crippen molar-refractivity contribution in [3.63, 3.8) is 0 Å². The van der Waals surface area contributed by atoms with E-state index in [4.69, 9.17) is 5.73 Å². The Morgan fingerprint density at radius 3 is 2.58 bits per heavy atom. The SMILES string of the molecule is N[C@@]1(c2ccccc2C(F)(F)F)CCC[C@@H](O)C1=O. The van der Waals surface area contributed by atoms with Gasteiger partial charge in [-0.3, -0.25) is 4.79 Å². The van der Waals surface area contributed by atoms with Crippen LogP contribution < -0.4 is 5.73 Å². The number of alkyl halides is 3. The lowest BCUT2D eigenvalue weighted by Crippen LogP contribution is -2.53. The Balaban J connectivity index is 2.55. The van der Waals surface area contributed by atoms with Gasteiger partial charge < -0.3 is 10.8 Å². The molecule has 0 aliphatic heterocycles. The Labute approximate surface area is 108 Å². The Hall–Kier alpha value is -1.40. The number of carbonyl (C=O) groups is 1. The molecule has 6 heteroatoms. The first kappa shape index (κ1) is 14.0. The van der Waals surface area contributed by atoms with Crippen LogP contribution in [-0.4, -0.2) is 17.0 Å². The van der Waals surface area contributed by atoms with Crippen molar-refractivity contribution in [2.24, 2.45) is 5.73 Å². The first-order valence-electron chi connectivity index (χ1n) is 5.95. The van der Waals surface area contributed by atoms with Gasteiger partial charge in [-0.05, 0) is 30.9 Å². The first-order valence-corrected chi connectivity index (χ1v) is 5.95. The summed E-state index contributed by atoms with van der Waals surface area (Å²) < 4.78 is 38.9. The number of halogens is 3. The number of aliphatic hydroxyl groups excluding tert-OH is 1. The van der Waals surface area contributed by atoms with Crippen molar-refractivity contribution in [3.05, 3.63) is 35.4 Å². The fourth-order valence-electron chi connectivity index (χ4n) is 2.51. The highest BCUT2D eigenvalue weighted by Crippen LogP contribution is 2.40. The van der Waals surface area contributed by atoms with E-state index in [1.165, 1.54) is 18.2 Å². The van der Waals surface area contributed by atoms with E-state index in [0.717, 1.165) is 6.07 Å². The monoisotopic (exact) mass is 273 g/mol. The average Bonchev–Trinajstić information content (AvgIpc) is 2.35. The van der Waals surface area contributed by atoms with Gasteiger partial charge >= 0.3 is 6.18 Å². The molecule has 0 bridgehead atoms. The van der Waals surface area contributed by atoms with Crippen LogP contribution in [0.4, 0.5) is 13.2 Å². The van der Waals surface area contributed by atoms with E-state index >= 15 is 0 Å². The van der Waals surface area contributed by atoms with Crippen LogP contribution in [0, 0.1) is 0 Å². The van der Waals surface area contributed by atoms with Crippen LogP contribution in [0.15, 0.2) is 24.3 Å². The van der Waals surface area contributed by atoms with Gasteiger partial charge in [0.15, 0.2) is 5.78 Å². The fraction of sp³-hybridized carbons (Fsp3) is 0.462. The lowest BCUT2D eigenvalue weighted by Gasteiger charge is -2.36. The van der Waals surface area contributed by atoms with Crippen molar-refractivity contribution in [1.82, 2.24) is 0 Å². The van der Waals surface area contributed by atoms with Crippen molar-refractivity contribution in [2.75, 3.05) is 0 Å². The number of carbonyl (C=O) groups excluding carboxylic acids is 1. The maximum absolute atomic E-state index is 13.0. The van der Waals surface area contributed by atoms with E-state index < -0.39 is 29.2 Å². The minimum absolute atomic E-state index is 0.107. The average molecular weight is 273 g/mol. The molecule has 0 amide bonds. The molecule has 19 heavy (non-hydrogen) atoms. The predicted molar refractivity (Wildman–Crippen MR) is 62.2 cm³/mol. The van der Waals surface area contributed by atoms with Gasteiger partial charge in [-0.15, -0.1) is 0 Å². The van der Waals surface area contributed by atoms with Gasteiger partial charge in [0.1, 0.15) is 11.6 Å². The molecule has 3 nitrogen and oxygen atoms in total. The van der Waals surface area contributed by atoms with Crippen molar-refractivity contribution in [3.8, 4) is 0 Å². The van der Waals surface area contributed by atoms with E-state index in [1.807, 2.05) is 0 Å². The van der Waals surface area contributed by atoms with E-state index in [-0.39, 0.29) is 18.4 Å². The summed E-state index contributed by atoms with van der Waals surface area (Å²) in [6, 6.07) is 4.77. The van der Waals surface area contributed by atoms with Crippen LogP contribution in [0.3, 0.4) is 0 Å². The third-order valence-electron chi connectivity index (χ3n) is 3.50. The summed E-state index contributed by atoms with van der Waals surface area (Å²) >= 11 is 0. The lowest BCUT2D eigenvalue weighted by molar-refractivity contribution is -0.142. The molecular weight excluding hydrogens is 259 g/mol. The van der Waals surface area contributed by atoms with Gasteiger partial charge in [-0.1, -0.05) is 18.2 Å². The summed E-state index contributed by atoms with van der Waals surface area (Å²) in [4.78, 5) is 12.0. The minimum atomic E-state index is -4.58. The lowest BCUT2D eigenvalue weighted by atomic mass is 9.73. The highest BCUT2D eigenvalue weighted by atomic mass is 19.4. The third kappa shape index (κ3) is 2.37. The topological polar surface area (TPSA) is 63.3 Å². The number of hydrogen-bond acceptors (Lipinski definition) is 3. The molecule has 0 radical (unpaired) electrons. The highest BCUT2D eigenvalue weighted by molar-refractivity contribution is 5.94. The zero-order valence-electron chi connectivity index (χ0n) is 10.1. The molecule has 0 spiro atoms. The molecule has 104 valence electrons. The van der Waals surface area contributed by atoms with Gasteiger partial charge in [-0.2, -0.15) is 13.2 Å². The molecule has 1 fully saturated rings. The number of ketones is 1. The van der Waals surface area contributed by atoms with E-state index in [1.54, 1.807) is 0 Å². The number of Topliss-reactive ketones (excluding diaryl/α,β-unsaturated/α-hetero) is 1. The molecule has 1 aliphatic carbocycles. The van der Waals surface area contributed by atoms with Gasteiger partial charge in [-0.25, -0.2) is 0 Å². The molecule has 2 atom stereocenters. The van der Waals surface area contributed by atoms with Gasteiger partial charge in [0.25, 0.3) is 0 Å². The molecule has 2 rings (SSSR count). The number of rotatable bonds is 1. The minimum Gasteiger partial charge on any atom is -0.385 e. The first-order chi connectivity index (χ1) is 8.77. The van der Waals surface area contributed by atoms with Crippen LogP contribution in [0.25, 0.3) is 0 Å². The maximum Gasteiger partial charge on any atom is 0.416 e. The standard InChI is InChI=1S/C13H14F3NO2/c14-13(15,16)9-5-2-1-4-8(9)12(17)7-3-6-10(18)11(12)19/h1-2,4-5,10,18H,3,6-7,17H2/t10-,12-/m1/s1. The van der Waals surface area contributed by atoms with Gasteiger partial charge in [0.2, 0.25) is 0 Å². The summed E-state index contributed by atoms with van der Waals surface area (Å²) in [6.07, 6.45) is -5.11. The largest absolute Gasteiger partial charge is 0.416 e. The summed E-state index contributed by atoms with van der Waals surface area (Å²) in [5, 5.41) is 9.56. The Morgan fingerprint density at radius 1 is 1.32 bits per heavy atom. The van der Waals surface area contributed by atoms with E-state index in [2.05, 4.69) is 0 Å². The molecular formula is C13H14F3NO2. The zero-order chi connectivity index (χ0) is 14.3. The highest BCUT2D eigenvalue weighted by Gasteiger charge is 2.47. The van der Waals surface area contributed by atoms with Crippen molar-refractivity contribution >= 4 is 5.78 Å². The van der Waals surface area contributed by atoms with Crippen LogP contribution in [-0.2, 0) is 16.5 Å². The Kier molecular flexibility index (Phi) is 3.40. The molecule has 0 heterocycles. The van der Waals surface area contributed by atoms with Gasteiger partial charge in [0.05, 0.1) is 5.56 Å². The molecule has 1 aromatic carbocycles. The molecule has 1 saturated carbocycles. The number of nitrogens with two attached hydrogens (primary N) is 1. The van der Waals surface area contributed by atoms with E-state index in [9.17, 15) is 23.1 Å². The summed E-state index contributed by atoms with van der Waals surface area (Å²) in [6.45, 7) is 0. The van der Waals surface area contributed by atoms with Crippen LogP contribution in [0.2, 0.25) is 0 Å². The Bertz CT molecular complexity index is 501. The van der Waals surface area contributed by atoms with Crippen LogP contribution >= 0.6 is 0 Å². The van der Waals surface area contributed by atoms with Crippen LogP contribution in [0.5, 0.6) is 0 Å². The normalized spacial score (nSPS) is 28.5. The second-order valence-electron chi connectivity index (χ2n) is 4.79. The third-order valence-corrected chi connectivity index (χ3v) is 3.50. The fourth-order valence-corrected chi connectivity index (χ4v) is 2.51. The molecule has 1 aromatic rings. The number of aliphatic hydroxyl groups is 1. The second-order valence-corrected chi connectivity index (χ2v) is 4.79. The number of hydrogen-bond donors (Lipinski definition) is 2. The summed E-state index contributed by atoms with van der Waals surface area (Å²) in [5.74, 6) is -0.740. The molecule has 1 aliphatic rings. The molecule has 0 saturated heterocycles. The van der Waals surface area contributed by atoms with Crippen LogP contribution in [0.1, 0.15) is 30.4 Å². The van der Waals surface area contributed by atoms with E-state index in [0.29, 0.717) is 6.42 Å². The van der Waals surface area contributed by atoms with Gasteiger partial charge in [0, 0.05) is 0 Å². The van der Waals surface area contributed by atoms with Crippen molar-refractivity contribution in [2.45, 2.75) is 37.1 Å². The number of benzene rings is 1. The van der Waals surface area contributed by atoms with Crippen molar-refractivity contribution < 1.29 is 23.1 Å². The summed E-state index contributed by atoms with van der Waals surface area (Å²) in [5.41, 5.74) is 2.97. The quantitative estimate of drug-likeness (QED) is 0.822. The summed E-state index contributed by atoms with van der Waals surface area (Å²) in [7, 11) is 0. The molecule has 0 aromatic heterocycles. The molecule has 0 unspecified atom stereocenters. The smallest absolute Gasteiger partial charge is 0.385 e. The molecule has 3 N–H and O–H groups in total. The predicted octanol–water partition coefficient (Wildman–Crippen LogP) is 1.97. The maximum atomic E-state index is 13.0. The van der Waals surface area contributed by atoms with Crippen molar-refractivity contribution in [1.29, 1.82) is 0 Å². The zero-order valence-corrected chi connectivity index (χ0v) is 10.1. The Morgan fingerprint density at radius 2 is 1.95 bits per heavy atom. The second kappa shape index (κ2) is 4.61.